The van der Waals surface area contributed by atoms with Crippen molar-refractivity contribution in [2.45, 2.75) is 72.8 Å². The fraction of sp³-hybridized carbons (Fsp3) is 0.786. The number of hydrogen-bond donors (Lipinski definition) is 0. The Bertz CT molecular complexity index is 349. The summed E-state index contributed by atoms with van der Waals surface area (Å²) < 4.78 is 26.3. The minimum Gasteiger partial charge on any atom is -0.263 e. The lowest BCUT2D eigenvalue weighted by molar-refractivity contribution is 0.119. The topological polar surface area (TPSA) is 17.8 Å². The number of rotatable bonds is 3. The average Bonchev–Trinajstić information content (AvgIpc) is 2.63. The molecule has 0 amide bonds. The van der Waals surface area contributed by atoms with Crippen LogP contribution in [0.1, 0.15) is 65.8 Å². The third-order valence-corrected chi connectivity index (χ3v) is 2.47. The van der Waals surface area contributed by atoms with E-state index in [2.05, 4.69) is 5.10 Å². The van der Waals surface area contributed by atoms with E-state index in [4.69, 9.17) is 0 Å². The number of aromatic nitrogens is 2. The smallest absolute Gasteiger partial charge is 0.257 e. The number of nitrogens with zero attached hydrogens (tertiary/aromatic N) is 2. The molecular formula is C14H26F2N2. The summed E-state index contributed by atoms with van der Waals surface area (Å²) in [5.74, 6) is 0.264. The van der Waals surface area contributed by atoms with Gasteiger partial charge in [0.1, 0.15) is 6.54 Å². The lowest BCUT2D eigenvalue weighted by Crippen LogP contribution is -2.20. The summed E-state index contributed by atoms with van der Waals surface area (Å²) in [5.41, 5.74) is 1.59. The molecule has 0 fully saturated rings. The van der Waals surface area contributed by atoms with Gasteiger partial charge in [-0.15, -0.1) is 0 Å². The normalized spacial score (nSPS) is 11.7. The standard InChI is InChI=1S/C12H20F2N2.C2H6/c1-8(2)9-6-10(12(3,4)5)16(15-9)7-11(13)14;1-2/h6,8,11H,7H2,1-5H3;1-2H3. The predicted molar refractivity (Wildman–Crippen MR) is 72.4 cm³/mol. The van der Waals surface area contributed by atoms with Crippen molar-refractivity contribution in [3.8, 4) is 0 Å². The largest absolute Gasteiger partial charge is 0.263 e. The summed E-state index contributed by atoms with van der Waals surface area (Å²) >= 11 is 0. The van der Waals surface area contributed by atoms with Crippen LogP contribution in [-0.2, 0) is 12.0 Å². The first kappa shape index (κ1) is 17.1. The van der Waals surface area contributed by atoms with Gasteiger partial charge in [-0.1, -0.05) is 48.5 Å². The Hall–Kier alpha value is -0.930. The van der Waals surface area contributed by atoms with Crippen molar-refractivity contribution >= 4 is 0 Å². The number of halogens is 2. The third kappa shape index (κ3) is 4.75. The van der Waals surface area contributed by atoms with Crippen molar-refractivity contribution < 1.29 is 8.78 Å². The van der Waals surface area contributed by atoms with Crippen molar-refractivity contribution in [3.05, 3.63) is 17.5 Å². The highest BCUT2D eigenvalue weighted by Gasteiger charge is 2.23. The molecule has 0 aliphatic heterocycles. The lowest BCUT2D eigenvalue weighted by Gasteiger charge is -2.19. The van der Waals surface area contributed by atoms with E-state index in [9.17, 15) is 8.78 Å². The summed E-state index contributed by atoms with van der Waals surface area (Å²) in [7, 11) is 0. The molecule has 0 saturated carbocycles. The molecule has 0 aromatic carbocycles. The first-order valence-electron chi connectivity index (χ1n) is 6.58. The fourth-order valence-electron chi connectivity index (χ4n) is 1.59. The second kappa shape index (κ2) is 6.86. The molecule has 1 aromatic rings. The van der Waals surface area contributed by atoms with Gasteiger partial charge >= 0.3 is 0 Å². The van der Waals surface area contributed by atoms with E-state index < -0.39 is 6.43 Å². The van der Waals surface area contributed by atoms with E-state index in [1.165, 1.54) is 4.68 Å². The Kier molecular flexibility index (Phi) is 6.50. The monoisotopic (exact) mass is 260 g/mol. The van der Waals surface area contributed by atoms with Gasteiger partial charge in [-0.05, 0) is 12.0 Å². The van der Waals surface area contributed by atoms with E-state index in [1.54, 1.807) is 0 Å². The van der Waals surface area contributed by atoms with Crippen LogP contribution in [0.2, 0.25) is 0 Å². The Morgan fingerprint density at radius 1 is 1.22 bits per heavy atom. The highest BCUT2D eigenvalue weighted by molar-refractivity contribution is 5.20. The van der Waals surface area contributed by atoms with Crippen LogP contribution < -0.4 is 0 Å². The minimum atomic E-state index is -2.36. The average molecular weight is 260 g/mol. The zero-order valence-electron chi connectivity index (χ0n) is 12.6. The summed E-state index contributed by atoms with van der Waals surface area (Å²) in [6.07, 6.45) is -2.36. The zero-order valence-corrected chi connectivity index (χ0v) is 12.6. The quantitative estimate of drug-likeness (QED) is 0.777. The predicted octanol–water partition coefficient (Wildman–Crippen LogP) is 4.60. The Labute approximate surface area is 109 Å². The number of hydrogen-bond acceptors (Lipinski definition) is 1. The first-order valence-corrected chi connectivity index (χ1v) is 6.58. The van der Waals surface area contributed by atoms with Crippen LogP contribution in [0.15, 0.2) is 6.07 Å². The van der Waals surface area contributed by atoms with Gasteiger partial charge < -0.3 is 0 Å². The summed E-state index contributed by atoms with van der Waals surface area (Å²) in [5, 5.41) is 4.25. The third-order valence-electron chi connectivity index (χ3n) is 2.47. The maximum atomic E-state index is 12.4. The molecule has 106 valence electrons. The molecule has 0 atom stereocenters. The van der Waals surface area contributed by atoms with Crippen LogP contribution in [0.25, 0.3) is 0 Å². The molecule has 0 spiro atoms. The lowest BCUT2D eigenvalue weighted by atomic mass is 9.91. The molecule has 4 heteroatoms. The fourth-order valence-corrected chi connectivity index (χ4v) is 1.59. The Morgan fingerprint density at radius 2 is 1.72 bits per heavy atom. The first-order chi connectivity index (χ1) is 8.21. The molecule has 0 aliphatic rings. The molecule has 0 saturated heterocycles. The molecule has 1 heterocycles. The zero-order chi connectivity index (χ0) is 14.5. The second-order valence-corrected chi connectivity index (χ2v) is 5.43. The molecule has 0 radical (unpaired) electrons. The summed E-state index contributed by atoms with van der Waals surface area (Å²) in [6.45, 7) is 13.7. The van der Waals surface area contributed by atoms with Gasteiger partial charge in [-0.3, -0.25) is 4.68 Å². The molecule has 0 aliphatic carbocycles. The summed E-state index contributed by atoms with van der Waals surface area (Å²) in [6, 6.07) is 1.94. The van der Waals surface area contributed by atoms with Gasteiger partial charge in [0.05, 0.1) is 5.69 Å². The van der Waals surface area contributed by atoms with Crippen LogP contribution in [0, 0.1) is 0 Å². The van der Waals surface area contributed by atoms with Crippen LogP contribution in [0.4, 0.5) is 8.78 Å². The maximum Gasteiger partial charge on any atom is 0.257 e. The molecule has 1 rings (SSSR count). The molecule has 0 bridgehead atoms. The molecule has 0 unspecified atom stereocenters. The van der Waals surface area contributed by atoms with E-state index in [0.29, 0.717) is 0 Å². The highest BCUT2D eigenvalue weighted by atomic mass is 19.3. The van der Waals surface area contributed by atoms with E-state index >= 15 is 0 Å². The van der Waals surface area contributed by atoms with E-state index in [0.717, 1.165) is 11.4 Å². The van der Waals surface area contributed by atoms with Crippen molar-refractivity contribution in [1.82, 2.24) is 9.78 Å². The van der Waals surface area contributed by atoms with Gasteiger partial charge in [0.15, 0.2) is 0 Å². The number of alkyl halides is 2. The van der Waals surface area contributed by atoms with Crippen LogP contribution >= 0.6 is 0 Å². The van der Waals surface area contributed by atoms with Crippen LogP contribution in [-0.4, -0.2) is 16.2 Å². The van der Waals surface area contributed by atoms with Gasteiger partial charge in [0.2, 0.25) is 0 Å². The van der Waals surface area contributed by atoms with Gasteiger partial charge in [-0.2, -0.15) is 5.10 Å². The van der Waals surface area contributed by atoms with Gasteiger partial charge in [0, 0.05) is 11.1 Å². The Morgan fingerprint density at radius 3 is 2.06 bits per heavy atom. The molecule has 2 nitrogen and oxygen atoms in total. The summed E-state index contributed by atoms with van der Waals surface area (Å²) in [4.78, 5) is 0. The highest BCUT2D eigenvalue weighted by Crippen LogP contribution is 2.26. The Balaban J connectivity index is 0.00000137. The van der Waals surface area contributed by atoms with Gasteiger partial charge in [-0.25, -0.2) is 8.78 Å². The minimum absolute atomic E-state index is 0.158. The van der Waals surface area contributed by atoms with Crippen molar-refractivity contribution in [2.24, 2.45) is 0 Å². The van der Waals surface area contributed by atoms with E-state index in [1.807, 2.05) is 54.5 Å². The molecular weight excluding hydrogens is 234 g/mol. The van der Waals surface area contributed by atoms with Crippen LogP contribution in [0.3, 0.4) is 0 Å². The second-order valence-electron chi connectivity index (χ2n) is 5.43. The molecule has 0 N–H and O–H groups in total. The SMILES string of the molecule is CC.CC(C)c1cc(C(C)(C)C)n(CC(F)F)n1. The van der Waals surface area contributed by atoms with Crippen LogP contribution in [0.5, 0.6) is 0 Å². The maximum absolute atomic E-state index is 12.4. The van der Waals surface area contributed by atoms with Crippen molar-refractivity contribution in [2.75, 3.05) is 0 Å². The molecule has 1 aromatic heterocycles. The van der Waals surface area contributed by atoms with Gasteiger partial charge in [0.25, 0.3) is 6.43 Å². The van der Waals surface area contributed by atoms with Crippen molar-refractivity contribution in [1.29, 1.82) is 0 Å². The van der Waals surface area contributed by atoms with E-state index in [-0.39, 0.29) is 17.9 Å². The molecule has 18 heavy (non-hydrogen) atoms. The van der Waals surface area contributed by atoms with Crippen molar-refractivity contribution in [3.63, 3.8) is 0 Å².